The molecule has 0 fully saturated rings. The van der Waals surface area contributed by atoms with Gasteiger partial charge >= 0.3 is 0 Å². The molecule has 2 aromatic rings. The Morgan fingerprint density at radius 3 is 2.52 bits per heavy atom. The van der Waals surface area contributed by atoms with Crippen LogP contribution in [0.3, 0.4) is 0 Å². The third-order valence-electron chi connectivity index (χ3n) is 4.38. The molecule has 0 saturated carbocycles. The Hall–Kier alpha value is -2.22. The first kappa shape index (κ1) is 15.7. The van der Waals surface area contributed by atoms with Gasteiger partial charge in [0.05, 0.1) is 6.42 Å². The summed E-state index contributed by atoms with van der Waals surface area (Å²) < 4.78 is 2.41. The number of benzene rings is 2. The van der Waals surface area contributed by atoms with E-state index in [0.717, 1.165) is 25.8 Å². The van der Waals surface area contributed by atoms with Gasteiger partial charge in [-0.2, -0.15) is 0 Å². The average molecular weight is 305 g/mol. The maximum Gasteiger partial charge on any atom is 0.299 e. The van der Waals surface area contributed by atoms with Crippen molar-refractivity contribution in [2.45, 2.75) is 40.0 Å². The number of aryl methyl sites for hydroxylation is 2. The van der Waals surface area contributed by atoms with Crippen LogP contribution in [0.4, 0.5) is 5.69 Å². The first-order valence-corrected chi connectivity index (χ1v) is 8.58. The fraction of sp³-hybridized carbons (Fsp3) is 0.333. The molecule has 0 radical (unpaired) electrons. The number of rotatable bonds is 5. The van der Waals surface area contributed by atoms with Crippen LogP contribution in [0.25, 0.3) is 0 Å². The average Bonchev–Trinajstić information content (AvgIpc) is 3.00. The second-order valence-corrected chi connectivity index (χ2v) is 6.16. The van der Waals surface area contributed by atoms with E-state index in [1.807, 2.05) is 0 Å². The molecule has 0 N–H and O–H groups in total. The van der Waals surface area contributed by atoms with Crippen LogP contribution in [0.5, 0.6) is 0 Å². The molecule has 0 amide bonds. The lowest BCUT2D eigenvalue weighted by molar-refractivity contribution is -0.421. The summed E-state index contributed by atoms with van der Waals surface area (Å²) in [7, 11) is 0. The molecular formula is C21H25N2+. The van der Waals surface area contributed by atoms with Crippen molar-refractivity contribution in [3.8, 4) is 0 Å². The van der Waals surface area contributed by atoms with Gasteiger partial charge in [0.2, 0.25) is 5.71 Å². The molecule has 0 atom stereocenters. The number of hydrogen-bond donors (Lipinski definition) is 0. The Morgan fingerprint density at radius 1 is 1.04 bits per heavy atom. The Kier molecular flexibility index (Phi) is 4.71. The highest BCUT2D eigenvalue weighted by molar-refractivity contribution is 6.10. The number of amidine groups is 1. The molecule has 0 spiro atoms. The van der Waals surface area contributed by atoms with E-state index in [0.29, 0.717) is 0 Å². The topological polar surface area (TPSA) is 15.4 Å². The van der Waals surface area contributed by atoms with Crippen molar-refractivity contribution in [3.63, 3.8) is 0 Å². The lowest BCUT2D eigenvalue weighted by Crippen LogP contribution is -2.16. The molecule has 2 aromatic carbocycles. The van der Waals surface area contributed by atoms with Crippen LogP contribution in [0, 0.1) is 6.92 Å². The van der Waals surface area contributed by atoms with Gasteiger partial charge < -0.3 is 0 Å². The van der Waals surface area contributed by atoms with E-state index in [1.54, 1.807) is 0 Å². The van der Waals surface area contributed by atoms with E-state index in [1.165, 1.54) is 33.9 Å². The Balaban J connectivity index is 2.02. The van der Waals surface area contributed by atoms with Gasteiger partial charge in [-0.3, -0.25) is 0 Å². The molecule has 2 nitrogen and oxygen atoms in total. The SMILES string of the molecule is CCCC1=[N+](c2cc(C)ccc2CC)CC(c2ccccc2)=N1. The van der Waals surface area contributed by atoms with Crippen LogP contribution in [0.2, 0.25) is 0 Å². The van der Waals surface area contributed by atoms with E-state index in [-0.39, 0.29) is 0 Å². The Labute approximate surface area is 139 Å². The van der Waals surface area contributed by atoms with Gasteiger partial charge in [-0.25, -0.2) is 4.58 Å². The summed E-state index contributed by atoms with van der Waals surface area (Å²) in [5.41, 5.74) is 6.44. The van der Waals surface area contributed by atoms with Crippen molar-refractivity contribution in [1.29, 1.82) is 0 Å². The van der Waals surface area contributed by atoms with Gasteiger partial charge in [0.25, 0.3) is 5.84 Å². The van der Waals surface area contributed by atoms with Crippen molar-refractivity contribution < 1.29 is 4.58 Å². The van der Waals surface area contributed by atoms with Crippen LogP contribution in [-0.4, -0.2) is 22.7 Å². The highest BCUT2D eigenvalue weighted by Gasteiger charge is 2.29. The van der Waals surface area contributed by atoms with Gasteiger partial charge in [0.1, 0.15) is 5.69 Å². The Bertz CT molecular complexity index is 755. The highest BCUT2D eigenvalue weighted by atomic mass is 15.1. The maximum absolute atomic E-state index is 4.97. The third kappa shape index (κ3) is 3.26. The summed E-state index contributed by atoms with van der Waals surface area (Å²) in [5.74, 6) is 1.20. The van der Waals surface area contributed by atoms with E-state index < -0.39 is 0 Å². The summed E-state index contributed by atoms with van der Waals surface area (Å²) in [4.78, 5) is 4.97. The predicted octanol–water partition coefficient (Wildman–Crippen LogP) is 4.90. The van der Waals surface area contributed by atoms with Crippen LogP contribution >= 0.6 is 0 Å². The molecule has 0 aliphatic carbocycles. The minimum absolute atomic E-state index is 0.871. The monoisotopic (exact) mass is 305 g/mol. The summed E-state index contributed by atoms with van der Waals surface area (Å²) in [6, 6.07) is 17.3. The second kappa shape index (κ2) is 6.91. The molecule has 3 rings (SSSR count). The van der Waals surface area contributed by atoms with Crippen molar-refractivity contribution in [3.05, 3.63) is 65.2 Å². The highest BCUT2D eigenvalue weighted by Crippen LogP contribution is 2.25. The molecule has 0 unspecified atom stereocenters. The van der Waals surface area contributed by atoms with Crippen molar-refractivity contribution in [2.24, 2.45) is 4.99 Å². The molecule has 118 valence electrons. The van der Waals surface area contributed by atoms with Crippen molar-refractivity contribution in [2.75, 3.05) is 6.54 Å². The van der Waals surface area contributed by atoms with Gasteiger partial charge in [-0.15, -0.1) is 0 Å². The zero-order chi connectivity index (χ0) is 16.2. The molecule has 1 heterocycles. The van der Waals surface area contributed by atoms with Crippen LogP contribution in [-0.2, 0) is 6.42 Å². The smallest absolute Gasteiger partial charge is 0.220 e. The molecular weight excluding hydrogens is 280 g/mol. The van der Waals surface area contributed by atoms with Crippen LogP contribution in [0.15, 0.2) is 53.5 Å². The fourth-order valence-electron chi connectivity index (χ4n) is 3.14. The summed E-state index contributed by atoms with van der Waals surface area (Å²) in [5, 5.41) is 0. The molecule has 2 heteroatoms. The minimum atomic E-state index is 0.871. The molecule has 23 heavy (non-hydrogen) atoms. The molecule has 0 aromatic heterocycles. The van der Waals surface area contributed by atoms with Crippen LogP contribution < -0.4 is 0 Å². The lowest BCUT2D eigenvalue weighted by Gasteiger charge is -2.10. The van der Waals surface area contributed by atoms with E-state index in [9.17, 15) is 0 Å². The largest absolute Gasteiger partial charge is 0.299 e. The normalized spacial score (nSPS) is 14.3. The van der Waals surface area contributed by atoms with E-state index >= 15 is 0 Å². The van der Waals surface area contributed by atoms with Crippen molar-refractivity contribution >= 4 is 17.2 Å². The molecule has 1 aliphatic heterocycles. The van der Waals surface area contributed by atoms with Crippen LogP contribution in [0.1, 0.15) is 43.4 Å². The number of hydrogen-bond acceptors (Lipinski definition) is 1. The van der Waals surface area contributed by atoms with E-state index in [4.69, 9.17) is 4.99 Å². The first-order valence-electron chi connectivity index (χ1n) is 8.58. The zero-order valence-corrected chi connectivity index (χ0v) is 14.3. The summed E-state index contributed by atoms with van der Waals surface area (Å²) in [6.07, 6.45) is 3.18. The molecule has 0 bridgehead atoms. The van der Waals surface area contributed by atoms with Crippen molar-refractivity contribution in [1.82, 2.24) is 0 Å². The maximum atomic E-state index is 4.97. The number of nitrogens with zero attached hydrogens (tertiary/aromatic N) is 2. The first-order chi connectivity index (χ1) is 11.2. The Morgan fingerprint density at radius 2 is 1.83 bits per heavy atom. The minimum Gasteiger partial charge on any atom is -0.220 e. The molecule has 0 saturated heterocycles. The fourth-order valence-corrected chi connectivity index (χ4v) is 3.14. The standard InChI is InChI=1S/C21H25N2/c1-4-9-21-22-19(18-10-7-6-8-11-18)15-23(21)20-14-16(3)12-13-17(20)5-2/h6-8,10-14H,4-5,9,15H2,1-3H3/q+1. The molecule has 1 aliphatic rings. The third-order valence-corrected chi connectivity index (χ3v) is 4.38. The van der Waals surface area contributed by atoms with Gasteiger partial charge in [-0.05, 0) is 42.0 Å². The van der Waals surface area contributed by atoms with Gasteiger partial charge in [0, 0.05) is 5.56 Å². The zero-order valence-electron chi connectivity index (χ0n) is 14.3. The quantitative estimate of drug-likeness (QED) is 0.698. The van der Waals surface area contributed by atoms with E-state index in [2.05, 4.69) is 73.9 Å². The van der Waals surface area contributed by atoms with Gasteiger partial charge in [0.15, 0.2) is 6.54 Å². The van der Waals surface area contributed by atoms with Gasteiger partial charge in [-0.1, -0.05) is 56.3 Å². The lowest BCUT2D eigenvalue weighted by atomic mass is 10.1. The predicted molar refractivity (Wildman–Crippen MR) is 98.2 cm³/mol. The second-order valence-electron chi connectivity index (χ2n) is 6.16. The summed E-state index contributed by atoms with van der Waals surface area (Å²) >= 11 is 0. The number of aliphatic imine (C=N–C) groups is 1. The summed E-state index contributed by atoms with van der Waals surface area (Å²) in [6.45, 7) is 7.48.